The fraction of sp³-hybridized carbons (Fsp3) is 0.688. The van der Waals surface area contributed by atoms with Gasteiger partial charge in [-0.2, -0.15) is 0 Å². The molecule has 0 spiro atoms. The molecule has 0 aliphatic carbocycles. The molecule has 0 bridgehead atoms. The van der Waals surface area contributed by atoms with E-state index < -0.39 is 0 Å². The molecule has 1 saturated heterocycles. The van der Waals surface area contributed by atoms with Gasteiger partial charge in [-0.05, 0) is 13.0 Å². The van der Waals surface area contributed by atoms with E-state index >= 15 is 0 Å². The highest BCUT2D eigenvalue weighted by molar-refractivity contribution is 5.93. The predicted molar refractivity (Wildman–Crippen MR) is 88.2 cm³/mol. The van der Waals surface area contributed by atoms with E-state index in [0.717, 1.165) is 58.1 Å². The van der Waals surface area contributed by atoms with Crippen LogP contribution in [-0.4, -0.2) is 72.0 Å². The molecule has 1 aromatic rings. The molecular weight excluding hydrogens is 278 g/mol. The average molecular weight is 305 g/mol. The molecule has 22 heavy (non-hydrogen) atoms. The summed E-state index contributed by atoms with van der Waals surface area (Å²) in [7, 11) is 1.83. The highest BCUT2D eigenvalue weighted by Crippen LogP contribution is 2.11. The fourth-order valence-electron chi connectivity index (χ4n) is 2.58. The number of hydrogen-bond donors (Lipinski definition) is 0. The molecule has 0 atom stereocenters. The van der Waals surface area contributed by atoms with Crippen molar-refractivity contribution in [2.45, 2.75) is 26.7 Å². The Balaban J connectivity index is 1.94. The number of aromatic nitrogens is 2. The Labute approximate surface area is 133 Å². The normalized spacial score (nSPS) is 15.9. The monoisotopic (exact) mass is 305 g/mol. The fourth-order valence-corrected chi connectivity index (χ4v) is 2.58. The van der Waals surface area contributed by atoms with Crippen LogP contribution in [0.2, 0.25) is 0 Å². The summed E-state index contributed by atoms with van der Waals surface area (Å²) in [5.41, 5.74) is 0.564. The van der Waals surface area contributed by atoms with Gasteiger partial charge in [0.1, 0.15) is 0 Å². The Bertz CT molecular complexity index is 468. The third-order valence-electron chi connectivity index (χ3n) is 4.18. The van der Waals surface area contributed by atoms with Crippen LogP contribution in [0.15, 0.2) is 12.4 Å². The lowest BCUT2D eigenvalue weighted by Crippen LogP contribution is -2.46. The lowest BCUT2D eigenvalue weighted by Gasteiger charge is -2.33. The lowest BCUT2D eigenvalue weighted by atomic mass is 10.2. The Morgan fingerprint density at radius 1 is 1.18 bits per heavy atom. The first-order valence-electron chi connectivity index (χ1n) is 8.20. The van der Waals surface area contributed by atoms with E-state index in [0.29, 0.717) is 5.56 Å². The SMILES string of the molecule is CCCCN(C)C(=O)c1cnc(N2CCN(CC)CC2)nc1. The number of hydrogen-bond acceptors (Lipinski definition) is 5. The highest BCUT2D eigenvalue weighted by Gasteiger charge is 2.18. The Kier molecular flexibility index (Phi) is 6.12. The molecule has 1 fully saturated rings. The van der Waals surface area contributed by atoms with Crippen molar-refractivity contribution in [3.05, 3.63) is 18.0 Å². The molecule has 6 nitrogen and oxygen atoms in total. The Morgan fingerprint density at radius 2 is 1.82 bits per heavy atom. The Hall–Kier alpha value is -1.69. The maximum absolute atomic E-state index is 12.2. The van der Waals surface area contributed by atoms with Gasteiger partial charge in [0.2, 0.25) is 5.95 Å². The summed E-state index contributed by atoms with van der Waals surface area (Å²) in [6, 6.07) is 0. The minimum absolute atomic E-state index is 0.00389. The zero-order valence-electron chi connectivity index (χ0n) is 14.0. The zero-order chi connectivity index (χ0) is 15.9. The van der Waals surface area contributed by atoms with Crippen LogP contribution in [0.3, 0.4) is 0 Å². The second-order valence-electron chi connectivity index (χ2n) is 5.77. The van der Waals surface area contributed by atoms with Crippen LogP contribution in [0, 0.1) is 0 Å². The number of nitrogens with zero attached hydrogens (tertiary/aromatic N) is 5. The molecule has 1 aliphatic heterocycles. The van der Waals surface area contributed by atoms with E-state index in [1.54, 1.807) is 17.3 Å². The summed E-state index contributed by atoms with van der Waals surface area (Å²) < 4.78 is 0. The summed E-state index contributed by atoms with van der Waals surface area (Å²) in [5.74, 6) is 0.722. The number of carbonyl (C=O) groups excluding carboxylic acids is 1. The van der Waals surface area contributed by atoms with E-state index in [1.807, 2.05) is 7.05 Å². The molecule has 1 aliphatic rings. The maximum Gasteiger partial charge on any atom is 0.256 e. The largest absolute Gasteiger partial charge is 0.342 e. The molecular formula is C16H27N5O. The predicted octanol–water partition coefficient (Wildman–Crippen LogP) is 1.49. The van der Waals surface area contributed by atoms with Gasteiger partial charge in [-0.15, -0.1) is 0 Å². The van der Waals surface area contributed by atoms with Crippen molar-refractivity contribution in [1.82, 2.24) is 19.8 Å². The van der Waals surface area contributed by atoms with Crippen molar-refractivity contribution >= 4 is 11.9 Å². The zero-order valence-corrected chi connectivity index (χ0v) is 14.0. The third-order valence-corrected chi connectivity index (χ3v) is 4.18. The molecule has 1 amide bonds. The molecule has 0 unspecified atom stereocenters. The van der Waals surface area contributed by atoms with E-state index in [-0.39, 0.29) is 5.91 Å². The second kappa shape index (κ2) is 8.08. The van der Waals surface area contributed by atoms with Crippen LogP contribution in [0.4, 0.5) is 5.95 Å². The third kappa shape index (κ3) is 4.16. The maximum atomic E-state index is 12.2. The first-order chi connectivity index (χ1) is 10.7. The molecule has 0 N–H and O–H groups in total. The van der Waals surface area contributed by atoms with Crippen molar-refractivity contribution < 1.29 is 4.79 Å². The average Bonchev–Trinajstić information content (AvgIpc) is 2.59. The number of carbonyl (C=O) groups is 1. The lowest BCUT2D eigenvalue weighted by molar-refractivity contribution is 0.0792. The number of unbranched alkanes of at least 4 members (excludes halogenated alkanes) is 1. The van der Waals surface area contributed by atoms with Crippen LogP contribution >= 0.6 is 0 Å². The molecule has 0 aromatic carbocycles. The van der Waals surface area contributed by atoms with Crippen LogP contribution in [0.25, 0.3) is 0 Å². The van der Waals surface area contributed by atoms with Gasteiger partial charge in [0.05, 0.1) is 5.56 Å². The van der Waals surface area contributed by atoms with Crippen molar-refractivity contribution in [3.8, 4) is 0 Å². The van der Waals surface area contributed by atoms with Crippen LogP contribution < -0.4 is 4.90 Å². The minimum Gasteiger partial charge on any atom is -0.342 e. The standard InChI is InChI=1S/C16H27N5O/c1-4-6-7-19(3)15(22)14-12-17-16(18-13-14)21-10-8-20(5-2)9-11-21/h12-13H,4-11H2,1-3H3. The highest BCUT2D eigenvalue weighted by atomic mass is 16.2. The van der Waals surface area contributed by atoms with E-state index in [2.05, 4.69) is 33.6 Å². The number of piperazine rings is 1. The van der Waals surface area contributed by atoms with Gasteiger partial charge >= 0.3 is 0 Å². The van der Waals surface area contributed by atoms with Gasteiger partial charge < -0.3 is 14.7 Å². The molecule has 122 valence electrons. The van der Waals surface area contributed by atoms with Gasteiger partial charge in [-0.1, -0.05) is 20.3 Å². The van der Waals surface area contributed by atoms with Crippen molar-refractivity contribution in [2.24, 2.45) is 0 Å². The minimum atomic E-state index is -0.00389. The van der Waals surface area contributed by atoms with Crippen LogP contribution in [0.5, 0.6) is 0 Å². The Morgan fingerprint density at radius 3 is 2.36 bits per heavy atom. The summed E-state index contributed by atoms with van der Waals surface area (Å²) >= 11 is 0. The molecule has 0 radical (unpaired) electrons. The van der Waals surface area contributed by atoms with Crippen molar-refractivity contribution in [1.29, 1.82) is 0 Å². The van der Waals surface area contributed by atoms with Crippen LogP contribution in [-0.2, 0) is 0 Å². The molecule has 6 heteroatoms. The molecule has 2 heterocycles. The quantitative estimate of drug-likeness (QED) is 0.797. The van der Waals surface area contributed by atoms with Crippen LogP contribution in [0.1, 0.15) is 37.0 Å². The number of rotatable bonds is 6. The van der Waals surface area contributed by atoms with E-state index in [9.17, 15) is 4.79 Å². The molecule has 2 rings (SSSR count). The number of anilines is 1. The van der Waals surface area contributed by atoms with E-state index in [1.165, 1.54) is 0 Å². The first-order valence-corrected chi connectivity index (χ1v) is 8.20. The molecule has 0 saturated carbocycles. The van der Waals surface area contributed by atoms with Gasteiger partial charge in [0.15, 0.2) is 0 Å². The molecule has 1 aromatic heterocycles. The van der Waals surface area contributed by atoms with Crippen molar-refractivity contribution in [2.75, 3.05) is 51.2 Å². The summed E-state index contributed by atoms with van der Waals surface area (Å²) in [5, 5.41) is 0. The van der Waals surface area contributed by atoms with Crippen molar-refractivity contribution in [3.63, 3.8) is 0 Å². The first kappa shape index (κ1) is 16.7. The number of amides is 1. The summed E-state index contributed by atoms with van der Waals surface area (Å²) in [6.07, 6.45) is 5.40. The van der Waals surface area contributed by atoms with E-state index in [4.69, 9.17) is 0 Å². The van der Waals surface area contributed by atoms with Gasteiger partial charge in [0, 0.05) is 52.2 Å². The van der Waals surface area contributed by atoms with Gasteiger partial charge in [0.25, 0.3) is 5.91 Å². The second-order valence-corrected chi connectivity index (χ2v) is 5.77. The van der Waals surface area contributed by atoms with Gasteiger partial charge in [-0.3, -0.25) is 4.79 Å². The summed E-state index contributed by atoms with van der Waals surface area (Å²) in [4.78, 5) is 27.4. The van der Waals surface area contributed by atoms with Gasteiger partial charge in [-0.25, -0.2) is 9.97 Å². The number of likely N-dealkylation sites (N-methyl/N-ethyl adjacent to an activating group) is 1. The smallest absolute Gasteiger partial charge is 0.256 e. The summed E-state index contributed by atoms with van der Waals surface area (Å²) in [6.45, 7) is 10.1. The topological polar surface area (TPSA) is 52.6 Å².